The molecule has 2 amide bonds. The minimum Gasteiger partial charge on any atom is -0.274 e. The third kappa shape index (κ3) is 2.70. The van der Waals surface area contributed by atoms with Crippen molar-refractivity contribution in [2.24, 2.45) is 7.05 Å². The Balaban J connectivity index is 1.98. The molecule has 0 saturated heterocycles. The quantitative estimate of drug-likeness (QED) is 0.265. The number of nitrogens with one attached hydrogen (secondary N) is 1. The fourth-order valence-corrected chi connectivity index (χ4v) is 4.28. The van der Waals surface area contributed by atoms with Crippen LogP contribution in [0.5, 0.6) is 0 Å². The van der Waals surface area contributed by atoms with E-state index >= 15 is 0 Å². The highest BCUT2D eigenvalue weighted by atomic mass is 35.5. The van der Waals surface area contributed by atoms with E-state index in [1.54, 1.807) is 22.5 Å². The number of carbonyl (C=O) groups excluding carboxylic acids is 2. The van der Waals surface area contributed by atoms with Crippen LogP contribution >= 0.6 is 46.4 Å². The monoisotopic (exact) mass is 474 g/mol. The summed E-state index contributed by atoms with van der Waals surface area (Å²) in [5, 5.41) is -0.676. The predicted octanol–water partition coefficient (Wildman–Crippen LogP) is 3.54. The molecule has 150 valence electrons. The molecule has 3 aromatic rings. The van der Waals surface area contributed by atoms with Gasteiger partial charge in [0.2, 0.25) is 5.52 Å². The second-order valence-electron chi connectivity index (χ2n) is 6.74. The lowest BCUT2D eigenvalue weighted by molar-refractivity contribution is -0.693. The van der Waals surface area contributed by atoms with Gasteiger partial charge in [-0.1, -0.05) is 51.4 Å². The molecule has 1 aromatic carbocycles. The predicted molar refractivity (Wildman–Crippen MR) is 110 cm³/mol. The number of nitrogens with zero attached hydrogens (tertiary/aromatic N) is 4. The summed E-state index contributed by atoms with van der Waals surface area (Å²) >= 11 is 24.4. The molecule has 3 heterocycles. The van der Waals surface area contributed by atoms with E-state index in [2.05, 4.69) is 9.97 Å². The van der Waals surface area contributed by atoms with Crippen LogP contribution in [0.15, 0.2) is 11.1 Å². The average molecular weight is 476 g/mol. The highest BCUT2D eigenvalue weighted by Crippen LogP contribution is 2.45. The number of imide groups is 1. The molecule has 1 aliphatic heterocycles. The summed E-state index contributed by atoms with van der Waals surface area (Å²) in [7, 11) is 1.70. The maximum atomic E-state index is 13.0. The molecular formula is C17H12Cl4N5O3+. The second kappa shape index (κ2) is 6.70. The largest absolute Gasteiger partial charge is 0.311 e. The first kappa shape index (κ1) is 20.2. The van der Waals surface area contributed by atoms with E-state index in [1.807, 2.05) is 13.8 Å². The minimum absolute atomic E-state index is 0.0236. The zero-order valence-electron chi connectivity index (χ0n) is 15.2. The van der Waals surface area contributed by atoms with Gasteiger partial charge < -0.3 is 0 Å². The molecule has 1 N–H and O–H groups in total. The molecule has 0 bridgehead atoms. The van der Waals surface area contributed by atoms with Crippen molar-refractivity contribution in [3.8, 4) is 0 Å². The lowest BCUT2D eigenvalue weighted by atomic mass is 10.1. The highest BCUT2D eigenvalue weighted by molar-refractivity contribution is 6.56. The summed E-state index contributed by atoms with van der Waals surface area (Å²) in [6.07, 6.45) is 1.71. The molecular weight excluding hydrogens is 464 g/mol. The first-order valence-electron chi connectivity index (χ1n) is 8.31. The normalized spacial score (nSPS) is 13.9. The minimum atomic E-state index is -0.815. The van der Waals surface area contributed by atoms with Gasteiger partial charge in [0, 0.05) is 0 Å². The van der Waals surface area contributed by atoms with Crippen molar-refractivity contribution in [1.29, 1.82) is 0 Å². The van der Waals surface area contributed by atoms with E-state index in [9.17, 15) is 14.4 Å². The van der Waals surface area contributed by atoms with Crippen LogP contribution in [-0.4, -0.2) is 26.3 Å². The molecule has 8 nitrogen and oxygen atoms in total. The molecule has 1 aliphatic rings. The second-order valence-corrected chi connectivity index (χ2v) is 8.25. The Bertz CT molecular complexity index is 1260. The number of anilines is 1. The first-order chi connectivity index (χ1) is 13.6. The zero-order chi connectivity index (χ0) is 21.4. The van der Waals surface area contributed by atoms with Gasteiger partial charge in [0.15, 0.2) is 6.33 Å². The van der Waals surface area contributed by atoms with E-state index in [0.717, 1.165) is 0 Å². The van der Waals surface area contributed by atoms with Gasteiger partial charge in [-0.3, -0.25) is 23.9 Å². The number of hydrogen-bond donors (Lipinski definition) is 1. The molecule has 0 saturated carbocycles. The molecule has 0 aliphatic carbocycles. The van der Waals surface area contributed by atoms with Crippen molar-refractivity contribution < 1.29 is 14.2 Å². The molecule has 12 heteroatoms. The number of imidazole rings is 1. The summed E-state index contributed by atoms with van der Waals surface area (Å²) in [6, 6.07) is -0.0236. The third-order valence-corrected chi connectivity index (χ3v) is 6.43. The van der Waals surface area contributed by atoms with Crippen LogP contribution in [0.4, 0.5) is 5.95 Å². The van der Waals surface area contributed by atoms with Crippen molar-refractivity contribution in [3.63, 3.8) is 0 Å². The lowest BCUT2D eigenvalue weighted by Crippen LogP contribution is -2.37. The van der Waals surface area contributed by atoms with Crippen LogP contribution in [0.3, 0.4) is 0 Å². The number of halogens is 4. The van der Waals surface area contributed by atoms with Crippen LogP contribution in [0.2, 0.25) is 20.1 Å². The Labute approximate surface area is 183 Å². The topological polar surface area (TPSA) is 91.9 Å². The van der Waals surface area contributed by atoms with Crippen molar-refractivity contribution >= 4 is 75.3 Å². The van der Waals surface area contributed by atoms with Gasteiger partial charge in [0.1, 0.15) is 0 Å². The van der Waals surface area contributed by atoms with E-state index in [-0.39, 0.29) is 43.2 Å². The van der Waals surface area contributed by atoms with E-state index in [0.29, 0.717) is 16.1 Å². The zero-order valence-corrected chi connectivity index (χ0v) is 18.2. The maximum absolute atomic E-state index is 13.0. The number of benzene rings is 1. The molecule has 2 aromatic heterocycles. The number of H-pyrrole nitrogens is 1. The molecule has 0 fully saturated rings. The Morgan fingerprint density at radius 2 is 1.48 bits per heavy atom. The van der Waals surface area contributed by atoms with Crippen LogP contribution in [0.1, 0.15) is 40.6 Å². The van der Waals surface area contributed by atoms with Crippen LogP contribution < -0.4 is 15.0 Å². The van der Waals surface area contributed by atoms with Crippen LogP contribution in [-0.2, 0) is 7.05 Å². The van der Waals surface area contributed by atoms with E-state index in [1.165, 1.54) is 0 Å². The Morgan fingerprint density at radius 1 is 0.966 bits per heavy atom. The van der Waals surface area contributed by atoms with Crippen LogP contribution in [0.25, 0.3) is 11.2 Å². The average Bonchev–Trinajstić information content (AvgIpc) is 3.12. The van der Waals surface area contributed by atoms with Gasteiger partial charge >= 0.3 is 5.65 Å². The number of aryl methyl sites for hydroxylation is 1. The smallest absolute Gasteiger partial charge is 0.274 e. The number of aromatic nitrogens is 4. The summed E-state index contributed by atoms with van der Waals surface area (Å²) in [5.74, 6) is -1.89. The summed E-state index contributed by atoms with van der Waals surface area (Å²) < 4.78 is 3.36. The fourth-order valence-electron chi connectivity index (χ4n) is 3.27. The van der Waals surface area contributed by atoms with Gasteiger partial charge in [-0.05, 0) is 13.8 Å². The van der Waals surface area contributed by atoms with Gasteiger partial charge in [0.05, 0.1) is 44.3 Å². The highest BCUT2D eigenvalue weighted by Gasteiger charge is 2.45. The Hall–Kier alpha value is -2.13. The summed E-state index contributed by atoms with van der Waals surface area (Å²) in [4.78, 5) is 46.2. The van der Waals surface area contributed by atoms with E-state index in [4.69, 9.17) is 46.4 Å². The Kier molecular flexibility index (Phi) is 4.66. The van der Waals surface area contributed by atoms with Crippen molar-refractivity contribution in [2.45, 2.75) is 19.9 Å². The SMILES string of the molecule is CC(C)[n+]1cn(C)c2c(=O)[nH]c(N3C(=O)c4c(Cl)c(Cl)c(Cl)c(Cl)c4C3=O)nc21. The standard InChI is InChI=1S/C17H11Cl4N5O3/c1-5(2)25-4-24(3)12-13(25)22-17(23-14(12)27)26-15(28)6-7(16(26)29)9(19)11(21)10(20)8(6)18/h4-5H,1-3H3/p+1. The van der Waals surface area contributed by atoms with Crippen molar-refractivity contribution in [2.75, 3.05) is 4.90 Å². The summed E-state index contributed by atoms with van der Waals surface area (Å²) in [5.41, 5.74) is -0.295. The maximum Gasteiger partial charge on any atom is 0.311 e. The molecule has 0 unspecified atom stereocenters. The van der Waals surface area contributed by atoms with E-state index < -0.39 is 17.4 Å². The number of fused-ring (bicyclic) bond motifs is 2. The Morgan fingerprint density at radius 3 is 1.97 bits per heavy atom. The first-order valence-corrected chi connectivity index (χ1v) is 9.82. The lowest BCUT2D eigenvalue weighted by Gasteiger charge is -2.09. The van der Waals surface area contributed by atoms with Crippen molar-refractivity contribution in [3.05, 3.63) is 47.9 Å². The number of carbonyl (C=O) groups is 2. The van der Waals surface area contributed by atoms with Gasteiger partial charge in [-0.15, -0.1) is 0 Å². The molecule has 0 spiro atoms. The number of amides is 2. The molecule has 4 rings (SSSR count). The number of hydrogen-bond acceptors (Lipinski definition) is 4. The third-order valence-electron chi connectivity index (χ3n) is 4.63. The van der Waals surface area contributed by atoms with Gasteiger partial charge in [0.25, 0.3) is 23.3 Å². The number of rotatable bonds is 2. The number of aromatic amines is 1. The molecule has 29 heavy (non-hydrogen) atoms. The van der Waals surface area contributed by atoms with Crippen molar-refractivity contribution in [1.82, 2.24) is 14.5 Å². The molecule has 0 atom stereocenters. The van der Waals surface area contributed by atoms with Gasteiger partial charge in [-0.25, -0.2) is 4.57 Å². The summed E-state index contributed by atoms with van der Waals surface area (Å²) in [6.45, 7) is 3.82. The van der Waals surface area contributed by atoms with Gasteiger partial charge in [-0.2, -0.15) is 4.90 Å². The molecule has 0 radical (unpaired) electrons. The van der Waals surface area contributed by atoms with Crippen LogP contribution in [0, 0.1) is 0 Å². The fraction of sp³-hybridized carbons (Fsp3) is 0.235.